The topological polar surface area (TPSA) is 71.3 Å². The van der Waals surface area contributed by atoms with Gasteiger partial charge >= 0.3 is 6.03 Å². The van der Waals surface area contributed by atoms with Gasteiger partial charge < -0.3 is 10.6 Å². The number of fused-ring (bicyclic) bond motifs is 1. The summed E-state index contributed by atoms with van der Waals surface area (Å²) in [5.41, 5.74) is 4.91. The average molecular weight is 420 g/mol. The van der Waals surface area contributed by atoms with Crippen LogP contribution in [0.1, 0.15) is 34.1 Å². The molecule has 2 aromatic carbocycles. The van der Waals surface area contributed by atoms with E-state index < -0.39 is 0 Å². The Labute approximate surface area is 179 Å². The monoisotopic (exact) mass is 419 g/mol. The van der Waals surface area contributed by atoms with Crippen LogP contribution in [0.15, 0.2) is 66.9 Å². The number of nitrogens with zero attached hydrogens (tertiary/aromatic N) is 3. The van der Waals surface area contributed by atoms with Gasteiger partial charge in [0.2, 0.25) is 0 Å². The molecule has 0 aliphatic rings. The summed E-state index contributed by atoms with van der Waals surface area (Å²) in [6.45, 7) is 4.29. The molecule has 0 saturated carbocycles. The highest BCUT2D eigenvalue weighted by atomic mass is 35.5. The highest BCUT2D eigenvalue weighted by Crippen LogP contribution is 2.26. The molecule has 4 aromatic rings. The Morgan fingerprint density at radius 2 is 1.80 bits per heavy atom. The fourth-order valence-electron chi connectivity index (χ4n) is 3.41. The summed E-state index contributed by atoms with van der Waals surface area (Å²) in [6, 6.07) is 18.8. The second-order valence-electron chi connectivity index (χ2n) is 7.22. The highest BCUT2D eigenvalue weighted by Gasteiger charge is 2.19. The van der Waals surface area contributed by atoms with E-state index in [0.717, 1.165) is 27.9 Å². The molecule has 0 radical (unpaired) electrons. The third kappa shape index (κ3) is 4.28. The largest absolute Gasteiger partial charge is 0.331 e. The van der Waals surface area contributed by atoms with Crippen molar-refractivity contribution in [1.82, 2.24) is 25.2 Å². The van der Waals surface area contributed by atoms with Gasteiger partial charge in [-0.05, 0) is 54.3 Å². The first-order chi connectivity index (χ1) is 14.5. The van der Waals surface area contributed by atoms with E-state index in [1.165, 1.54) is 0 Å². The molecule has 0 aliphatic carbocycles. The maximum absolute atomic E-state index is 12.8. The van der Waals surface area contributed by atoms with Gasteiger partial charge in [-0.1, -0.05) is 54.1 Å². The van der Waals surface area contributed by atoms with Crippen LogP contribution < -0.4 is 10.6 Å². The predicted octanol–water partition coefficient (Wildman–Crippen LogP) is 4.59. The van der Waals surface area contributed by atoms with E-state index in [4.69, 9.17) is 11.6 Å². The first-order valence-corrected chi connectivity index (χ1v) is 10.0. The lowest BCUT2D eigenvalue weighted by atomic mass is 9.95. The van der Waals surface area contributed by atoms with E-state index in [1.54, 1.807) is 0 Å². The SMILES string of the molecule is Cc1ccc2nnc(CNC(=O)NC(c3ccc(Cl)cc3)c3ccccc3C)n2c1. The number of nitrogens with one attached hydrogen (secondary N) is 2. The van der Waals surface area contributed by atoms with Gasteiger partial charge in [0.05, 0.1) is 12.6 Å². The van der Waals surface area contributed by atoms with Gasteiger partial charge in [-0.3, -0.25) is 4.40 Å². The standard InChI is InChI=1S/C23H22ClN5O/c1-15-7-12-20-27-28-21(29(20)14-15)13-25-23(30)26-22(17-8-10-18(24)11-9-17)19-6-4-3-5-16(19)2/h3-12,14,22H,13H2,1-2H3,(H2,25,26,30). The van der Waals surface area contributed by atoms with Crippen molar-refractivity contribution in [3.8, 4) is 0 Å². The lowest BCUT2D eigenvalue weighted by Crippen LogP contribution is -2.38. The number of rotatable bonds is 5. The molecule has 152 valence electrons. The molecule has 4 rings (SSSR count). The van der Waals surface area contributed by atoms with E-state index in [0.29, 0.717) is 10.8 Å². The number of benzene rings is 2. The molecule has 2 heterocycles. The summed E-state index contributed by atoms with van der Waals surface area (Å²) < 4.78 is 1.88. The number of aryl methyl sites for hydroxylation is 2. The second-order valence-corrected chi connectivity index (χ2v) is 7.66. The summed E-state index contributed by atoms with van der Waals surface area (Å²) in [5, 5.41) is 15.0. The third-order valence-electron chi connectivity index (χ3n) is 5.01. The van der Waals surface area contributed by atoms with Gasteiger partial charge in [0.25, 0.3) is 0 Å². The number of hydrogen-bond donors (Lipinski definition) is 2. The molecule has 2 N–H and O–H groups in total. The molecule has 2 amide bonds. The Morgan fingerprint density at radius 1 is 1.03 bits per heavy atom. The predicted molar refractivity (Wildman–Crippen MR) is 118 cm³/mol. The van der Waals surface area contributed by atoms with Gasteiger partial charge in [-0.15, -0.1) is 10.2 Å². The average Bonchev–Trinajstić information content (AvgIpc) is 3.14. The molecule has 0 aliphatic heterocycles. The number of aromatic nitrogens is 3. The third-order valence-corrected chi connectivity index (χ3v) is 5.26. The van der Waals surface area contributed by atoms with Crippen molar-refractivity contribution in [2.24, 2.45) is 0 Å². The molecule has 0 fully saturated rings. The van der Waals surface area contributed by atoms with E-state index in [-0.39, 0.29) is 18.6 Å². The minimum Gasteiger partial charge on any atom is -0.331 e. The molecule has 2 aromatic heterocycles. The first-order valence-electron chi connectivity index (χ1n) is 9.67. The minimum absolute atomic E-state index is 0.261. The lowest BCUT2D eigenvalue weighted by molar-refractivity contribution is 0.238. The Morgan fingerprint density at radius 3 is 2.57 bits per heavy atom. The van der Waals surface area contributed by atoms with Crippen LogP contribution in [-0.4, -0.2) is 20.6 Å². The molecule has 0 bridgehead atoms. The van der Waals surface area contributed by atoms with Crippen molar-refractivity contribution in [3.05, 3.63) is 100.0 Å². The molecule has 1 atom stereocenters. The maximum Gasteiger partial charge on any atom is 0.315 e. The lowest BCUT2D eigenvalue weighted by Gasteiger charge is -2.22. The van der Waals surface area contributed by atoms with Gasteiger partial charge in [0.15, 0.2) is 11.5 Å². The van der Waals surface area contributed by atoms with Gasteiger partial charge in [-0.2, -0.15) is 0 Å². The summed E-state index contributed by atoms with van der Waals surface area (Å²) in [4.78, 5) is 12.8. The molecular weight excluding hydrogens is 398 g/mol. The van der Waals surface area contributed by atoms with Crippen molar-refractivity contribution >= 4 is 23.3 Å². The van der Waals surface area contributed by atoms with Crippen LogP contribution in [0.5, 0.6) is 0 Å². The summed E-state index contributed by atoms with van der Waals surface area (Å²) in [6.07, 6.45) is 1.95. The number of hydrogen-bond acceptors (Lipinski definition) is 3. The fraction of sp³-hybridized carbons (Fsp3) is 0.174. The Kier molecular flexibility index (Phi) is 5.68. The zero-order chi connectivity index (χ0) is 21.1. The zero-order valence-electron chi connectivity index (χ0n) is 16.8. The van der Waals surface area contributed by atoms with E-state index in [1.807, 2.05) is 85.1 Å². The number of urea groups is 1. The van der Waals surface area contributed by atoms with Crippen LogP contribution >= 0.6 is 11.6 Å². The number of carbonyl (C=O) groups excluding carboxylic acids is 1. The summed E-state index contributed by atoms with van der Waals surface area (Å²) >= 11 is 6.05. The minimum atomic E-state index is -0.305. The van der Waals surface area contributed by atoms with Crippen LogP contribution in [0.25, 0.3) is 5.65 Å². The molecule has 0 spiro atoms. The summed E-state index contributed by atoms with van der Waals surface area (Å²) in [5.74, 6) is 0.669. The van der Waals surface area contributed by atoms with Crippen LogP contribution in [0, 0.1) is 13.8 Å². The molecule has 30 heavy (non-hydrogen) atoms. The zero-order valence-corrected chi connectivity index (χ0v) is 17.5. The molecular formula is C23H22ClN5O. The van der Waals surface area contributed by atoms with Crippen molar-refractivity contribution in [1.29, 1.82) is 0 Å². The normalized spacial score (nSPS) is 12.0. The van der Waals surface area contributed by atoms with Crippen molar-refractivity contribution in [2.45, 2.75) is 26.4 Å². The Bertz CT molecular complexity index is 1190. The van der Waals surface area contributed by atoms with Gasteiger partial charge in [-0.25, -0.2) is 4.79 Å². The smallest absolute Gasteiger partial charge is 0.315 e. The van der Waals surface area contributed by atoms with Gasteiger partial charge in [0, 0.05) is 11.2 Å². The molecule has 1 unspecified atom stereocenters. The second kappa shape index (κ2) is 8.55. The molecule has 7 heteroatoms. The van der Waals surface area contributed by atoms with Gasteiger partial charge in [0.1, 0.15) is 0 Å². The first kappa shape index (κ1) is 19.9. The van der Waals surface area contributed by atoms with E-state index >= 15 is 0 Å². The molecule has 6 nitrogen and oxygen atoms in total. The quantitative estimate of drug-likeness (QED) is 0.497. The van der Waals surface area contributed by atoms with Crippen LogP contribution in [-0.2, 0) is 6.54 Å². The van der Waals surface area contributed by atoms with Crippen molar-refractivity contribution in [2.75, 3.05) is 0 Å². The van der Waals surface area contributed by atoms with E-state index in [2.05, 4.69) is 20.8 Å². The number of amides is 2. The van der Waals surface area contributed by atoms with Crippen LogP contribution in [0.4, 0.5) is 4.79 Å². The Balaban J connectivity index is 1.53. The maximum atomic E-state index is 12.8. The highest BCUT2D eigenvalue weighted by molar-refractivity contribution is 6.30. The molecule has 0 saturated heterocycles. The number of carbonyl (C=O) groups is 1. The van der Waals surface area contributed by atoms with Crippen molar-refractivity contribution in [3.63, 3.8) is 0 Å². The Hall–Kier alpha value is -3.38. The summed E-state index contributed by atoms with van der Waals surface area (Å²) in [7, 11) is 0. The van der Waals surface area contributed by atoms with Crippen LogP contribution in [0.3, 0.4) is 0 Å². The van der Waals surface area contributed by atoms with Crippen LogP contribution in [0.2, 0.25) is 5.02 Å². The number of pyridine rings is 1. The fourth-order valence-corrected chi connectivity index (χ4v) is 3.54. The van der Waals surface area contributed by atoms with Crippen molar-refractivity contribution < 1.29 is 4.79 Å². The number of halogens is 1. The van der Waals surface area contributed by atoms with E-state index in [9.17, 15) is 4.79 Å².